The average molecular weight is 326 g/mol. The van der Waals surface area contributed by atoms with Gasteiger partial charge in [0.25, 0.3) is 0 Å². The maximum atomic E-state index is 12.7. The number of hydroxylamine groups is 2. The molecule has 132 valence electrons. The van der Waals surface area contributed by atoms with Gasteiger partial charge in [-0.2, -0.15) is 0 Å². The second kappa shape index (κ2) is 7.15. The lowest BCUT2D eigenvalue weighted by Crippen LogP contribution is -3.18. The Labute approximate surface area is 138 Å². The normalized spacial score (nSPS) is 43.1. The number of ketones is 1. The van der Waals surface area contributed by atoms with Crippen molar-refractivity contribution in [2.45, 2.75) is 70.6 Å². The van der Waals surface area contributed by atoms with Crippen LogP contribution in [-0.4, -0.2) is 53.8 Å². The van der Waals surface area contributed by atoms with Gasteiger partial charge in [-0.25, -0.2) is 15.3 Å². The molecular weight excluding hydrogens is 294 g/mol. The van der Waals surface area contributed by atoms with Crippen molar-refractivity contribution in [3.8, 4) is 0 Å². The SMILES string of the molecule is CC1CCN2CC(C)[NH+](CC(=O)C3CCC([NH+]([O-])O)CC3)C2C1. The predicted molar refractivity (Wildman–Crippen MR) is 85.9 cm³/mol. The Morgan fingerprint density at radius 3 is 2.61 bits per heavy atom. The number of carbonyl (C=O) groups is 1. The highest BCUT2D eigenvalue weighted by molar-refractivity contribution is 5.82. The summed E-state index contributed by atoms with van der Waals surface area (Å²) in [5, 5.41) is 19.4. The van der Waals surface area contributed by atoms with Crippen LogP contribution >= 0.6 is 0 Å². The molecule has 1 aliphatic carbocycles. The molecule has 3 aliphatic rings. The first-order valence-electron chi connectivity index (χ1n) is 9.31. The number of hydrogen-bond donors (Lipinski definition) is 3. The van der Waals surface area contributed by atoms with Gasteiger partial charge in [-0.1, -0.05) is 6.92 Å². The zero-order valence-corrected chi connectivity index (χ0v) is 14.5. The average Bonchev–Trinajstić information content (AvgIpc) is 2.83. The van der Waals surface area contributed by atoms with E-state index in [0.29, 0.717) is 37.4 Å². The van der Waals surface area contributed by atoms with Crippen LogP contribution in [0.2, 0.25) is 0 Å². The van der Waals surface area contributed by atoms with E-state index in [4.69, 9.17) is 5.21 Å². The van der Waals surface area contributed by atoms with E-state index in [1.165, 1.54) is 24.3 Å². The third kappa shape index (κ3) is 3.77. The van der Waals surface area contributed by atoms with E-state index in [2.05, 4.69) is 18.7 Å². The molecule has 0 spiro atoms. The Hall–Kier alpha value is -0.530. The van der Waals surface area contributed by atoms with Crippen molar-refractivity contribution in [2.24, 2.45) is 11.8 Å². The van der Waals surface area contributed by atoms with Crippen molar-refractivity contribution in [2.75, 3.05) is 19.6 Å². The van der Waals surface area contributed by atoms with Gasteiger partial charge in [0.15, 0.2) is 5.78 Å². The summed E-state index contributed by atoms with van der Waals surface area (Å²) >= 11 is 0. The summed E-state index contributed by atoms with van der Waals surface area (Å²) in [7, 11) is 0. The van der Waals surface area contributed by atoms with Crippen LogP contribution in [0.3, 0.4) is 0 Å². The number of Topliss-reactive ketones (excluding diaryl/α,β-unsaturated/α-hetero) is 1. The largest absolute Gasteiger partial charge is 0.600 e. The third-order valence-electron chi connectivity index (χ3n) is 6.45. The van der Waals surface area contributed by atoms with E-state index >= 15 is 0 Å². The molecule has 2 heterocycles. The summed E-state index contributed by atoms with van der Waals surface area (Å²) in [4.78, 5) is 16.8. The van der Waals surface area contributed by atoms with Crippen molar-refractivity contribution in [3.05, 3.63) is 5.21 Å². The maximum absolute atomic E-state index is 12.7. The molecule has 2 saturated heterocycles. The van der Waals surface area contributed by atoms with Crippen molar-refractivity contribution in [1.29, 1.82) is 0 Å². The third-order valence-corrected chi connectivity index (χ3v) is 6.45. The molecule has 5 unspecified atom stereocenters. The van der Waals surface area contributed by atoms with Crippen LogP contribution in [-0.2, 0) is 4.79 Å². The van der Waals surface area contributed by atoms with Gasteiger partial charge in [-0.3, -0.25) is 4.79 Å². The topological polar surface area (TPSA) is 72.5 Å². The molecule has 0 aromatic rings. The van der Waals surface area contributed by atoms with Crippen LogP contribution in [0.15, 0.2) is 0 Å². The van der Waals surface area contributed by atoms with Gasteiger partial charge in [0.1, 0.15) is 18.8 Å². The Balaban J connectivity index is 1.55. The standard InChI is InChI=1S/C17H31N3O3/c1-12-7-8-18-10-13(2)19(17(18)9-12)11-16(21)14-3-5-15(6-4-14)20(22)23/h12-15,17,20,22H,3-11H2,1-2H3/p+1. The molecule has 23 heavy (non-hydrogen) atoms. The molecule has 5 atom stereocenters. The number of fused-ring (bicyclic) bond motifs is 1. The Kier molecular flexibility index (Phi) is 5.38. The highest BCUT2D eigenvalue weighted by Crippen LogP contribution is 2.25. The summed E-state index contributed by atoms with van der Waals surface area (Å²) in [5.41, 5.74) is 0. The molecule has 6 heteroatoms. The quantitative estimate of drug-likeness (QED) is 0.594. The van der Waals surface area contributed by atoms with Crippen LogP contribution < -0.4 is 10.1 Å². The van der Waals surface area contributed by atoms with E-state index in [0.717, 1.165) is 25.3 Å². The number of rotatable bonds is 4. The van der Waals surface area contributed by atoms with Crippen molar-refractivity contribution in [1.82, 2.24) is 4.90 Å². The summed E-state index contributed by atoms with van der Waals surface area (Å²) in [6.45, 7) is 7.53. The Bertz CT molecular complexity index is 423. The highest BCUT2D eigenvalue weighted by atomic mass is 16.8. The fraction of sp³-hybridized carbons (Fsp3) is 0.941. The molecule has 0 aromatic heterocycles. The minimum atomic E-state index is -0.693. The number of nitrogens with zero attached hydrogens (tertiary/aromatic N) is 1. The molecule has 6 nitrogen and oxygen atoms in total. The van der Waals surface area contributed by atoms with Crippen LogP contribution in [0, 0.1) is 17.0 Å². The van der Waals surface area contributed by atoms with E-state index in [-0.39, 0.29) is 12.0 Å². The van der Waals surface area contributed by atoms with Gasteiger partial charge in [-0.05, 0) is 32.1 Å². The Morgan fingerprint density at radius 2 is 1.96 bits per heavy atom. The molecule has 3 fully saturated rings. The van der Waals surface area contributed by atoms with Crippen LogP contribution in [0.5, 0.6) is 0 Å². The first-order valence-corrected chi connectivity index (χ1v) is 9.31. The Morgan fingerprint density at radius 1 is 1.26 bits per heavy atom. The molecular formula is C17H32N3O3+. The molecule has 0 aromatic carbocycles. The second-order valence-corrected chi connectivity index (χ2v) is 8.15. The molecule has 2 aliphatic heterocycles. The summed E-state index contributed by atoms with van der Waals surface area (Å²) in [5.74, 6) is 1.23. The fourth-order valence-corrected chi connectivity index (χ4v) is 4.89. The van der Waals surface area contributed by atoms with Gasteiger partial charge in [0.05, 0.1) is 12.6 Å². The molecule has 0 radical (unpaired) electrons. The lowest BCUT2D eigenvalue weighted by Gasteiger charge is -2.35. The van der Waals surface area contributed by atoms with Gasteiger partial charge in [-0.15, -0.1) is 0 Å². The molecule has 3 N–H and O–H groups in total. The highest BCUT2D eigenvalue weighted by Gasteiger charge is 2.45. The van der Waals surface area contributed by atoms with Crippen molar-refractivity contribution >= 4 is 5.78 Å². The van der Waals surface area contributed by atoms with E-state index in [1.54, 1.807) is 0 Å². The zero-order valence-electron chi connectivity index (χ0n) is 14.5. The van der Waals surface area contributed by atoms with E-state index < -0.39 is 5.23 Å². The first kappa shape index (κ1) is 17.3. The number of quaternary nitrogens is 2. The summed E-state index contributed by atoms with van der Waals surface area (Å²) < 4.78 is 0. The van der Waals surface area contributed by atoms with Crippen LogP contribution in [0.4, 0.5) is 0 Å². The number of piperidine rings is 1. The van der Waals surface area contributed by atoms with Gasteiger partial charge in [0, 0.05) is 31.7 Å². The molecule has 3 rings (SSSR count). The maximum Gasteiger partial charge on any atom is 0.189 e. The number of hydrogen-bond acceptors (Lipinski definition) is 4. The molecule has 0 bridgehead atoms. The predicted octanol–water partition coefficient (Wildman–Crippen LogP) is -0.769. The fourth-order valence-electron chi connectivity index (χ4n) is 4.89. The second-order valence-electron chi connectivity index (χ2n) is 8.15. The van der Waals surface area contributed by atoms with E-state index in [1.807, 2.05) is 0 Å². The lowest BCUT2D eigenvalue weighted by atomic mass is 9.83. The molecule has 0 amide bonds. The first-order chi connectivity index (χ1) is 11.0. The van der Waals surface area contributed by atoms with Gasteiger partial charge >= 0.3 is 0 Å². The summed E-state index contributed by atoms with van der Waals surface area (Å²) in [6, 6.07) is 0.302. The smallest absolute Gasteiger partial charge is 0.189 e. The number of nitrogens with one attached hydrogen (secondary N) is 2. The van der Waals surface area contributed by atoms with Crippen LogP contribution in [0.25, 0.3) is 0 Å². The van der Waals surface area contributed by atoms with Crippen molar-refractivity contribution in [3.63, 3.8) is 0 Å². The monoisotopic (exact) mass is 326 g/mol. The number of carbonyl (C=O) groups excluding carboxylic acids is 1. The van der Waals surface area contributed by atoms with E-state index in [9.17, 15) is 10.0 Å². The minimum absolute atomic E-state index is 0.0976. The van der Waals surface area contributed by atoms with Gasteiger partial charge < -0.3 is 10.1 Å². The van der Waals surface area contributed by atoms with Crippen LogP contribution in [0.1, 0.15) is 52.4 Å². The minimum Gasteiger partial charge on any atom is -0.600 e. The van der Waals surface area contributed by atoms with Gasteiger partial charge in [0.2, 0.25) is 0 Å². The molecule has 1 saturated carbocycles. The summed E-state index contributed by atoms with van der Waals surface area (Å²) in [6.07, 6.45) is 5.88. The lowest BCUT2D eigenvalue weighted by molar-refractivity contribution is -1.07. The van der Waals surface area contributed by atoms with Crippen molar-refractivity contribution < 1.29 is 20.1 Å². The zero-order chi connectivity index (χ0) is 16.6.